The van der Waals surface area contributed by atoms with Crippen LogP contribution in [0.15, 0.2) is 53.9 Å². The molecule has 1 fully saturated rings. The van der Waals surface area contributed by atoms with Gasteiger partial charge >= 0.3 is 0 Å². The first-order valence-electron chi connectivity index (χ1n) is 11.5. The van der Waals surface area contributed by atoms with Gasteiger partial charge in [0.1, 0.15) is 0 Å². The third-order valence-electron chi connectivity index (χ3n) is 6.47. The number of rotatable bonds is 7. The van der Waals surface area contributed by atoms with Gasteiger partial charge < -0.3 is 15.2 Å². The average Bonchev–Trinajstić information content (AvgIpc) is 3.59. The van der Waals surface area contributed by atoms with Gasteiger partial charge in [-0.15, -0.1) is 22.7 Å². The molecular formula is C26H26N4O3S2. The van der Waals surface area contributed by atoms with Crippen molar-refractivity contribution >= 4 is 50.4 Å². The number of benzene rings is 1. The number of ketones is 1. The lowest BCUT2D eigenvalue weighted by atomic mass is 10.2. The molecule has 35 heavy (non-hydrogen) atoms. The van der Waals surface area contributed by atoms with Gasteiger partial charge in [-0.25, -0.2) is 0 Å². The van der Waals surface area contributed by atoms with Crippen molar-refractivity contribution in [2.45, 2.75) is 13.5 Å². The van der Waals surface area contributed by atoms with Crippen molar-refractivity contribution in [3.8, 4) is 0 Å². The number of aromatic nitrogens is 1. The minimum atomic E-state index is -0.533. The molecule has 1 aromatic carbocycles. The maximum Gasteiger partial charge on any atom is 0.264 e. The zero-order chi connectivity index (χ0) is 24.5. The fourth-order valence-corrected chi connectivity index (χ4v) is 6.25. The number of Topliss-reactive ketones (excluding diaryl/α,β-unsaturated/α-hetero) is 1. The molecule has 0 radical (unpaired) electrons. The molecule has 0 atom stereocenters. The second kappa shape index (κ2) is 9.77. The number of carbonyl (C=O) groups is 3. The van der Waals surface area contributed by atoms with E-state index in [0.29, 0.717) is 49.7 Å². The molecule has 180 valence electrons. The summed E-state index contributed by atoms with van der Waals surface area (Å²) in [5.74, 6) is -0.542. The fourth-order valence-electron chi connectivity index (χ4n) is 4.52. The van der Waals surface area contributed by atoms with Crippen LogP contribution in [0.25, 0.3) is 10.1 Å². The molecule has 4 heterocycles. The van der Waals surface area contributed by atoms with Crippen LogP contribution < -0.4 is 5.73 Å². The van der Waals surface area contributed by atoms with Crippen LogP contribution in [0.1, 0.15) is 41.1 Å². The van der Waals surface area contributed by atoms with Crippen LogP contribution in [0.5, 0.6) is 0 Å². The normalized spacial score (nSPS) is 14.5. The van der Waals surface area contributed by atoms with Crippen molar-refractivity contribution in [1.82, 2.24) is 14.4 Å². The number of hydrogen-bond acceptors (Lipinski definition) is 6. The summed E-state index contributed by atoms with van der Waals surface area (Å²) in [6.45, 7) is 4.96. The van der Waals surface area contributed by atoms with E-state index in [1.54, 1.807) is 17.4 Å². The van der Waals surface area contributed by atoms with E-state index in [1.807, 2.05) is 64.2 Å². The molecule has 1 aliphatic rings. The number of piperazine rings is 1. The van der Waals surface area contributed by atoms with Crippen molar-refractivity contribution in [3.05, 3.63) is 80.6 Å². The summed E-state index contributed by atoms with van der Waals surface area (Å²) in [5, 5.41) is 3.07. The van der Waals surface area contributed by atoms with Crippen molar-refractivity contribution in [2.24, 2.45) is 5.73 Å². The van der Waals surface area contributed by atoms with Crippen molar-refractivity contribution in [1.29, 1.82) is 0 Å². The van der Waals surface area contributed by atoms with E-state index in [0.717, 1.165) is 19.8 Å². The van der Waals surface area contributed by atoms with Crippen molar-refractivity contribution in [2.75, 3.05) is 32.7 Å². The average molecular weight is 507 g/mol. The number of nitrogens with zero attached hydrogens (tertiary/aromatic N) is 3. The lowest BCUT2D eigenvalue weighted by molar-refractivity contribution is 0.0627. The van der Waals surface area contributed by atoms with Crippen LogP contribution in [-0.4, -0.2) is 64.7 Å². The highest BCUT2D eigenvalue weighted by molar-refractivity contribution is 7.20. The molecule has 1 saturated heterocycles. The molecule has 7 nitrogen and oxygen atoms in total. The Bertz CT molecular complexity index is 1360. The zero-order valence-electron chi connectivity index (χ0n) is 19.4. The minimum Gasteiger partial charge on any atom is -0.366 e. The summed E-state index contributed by atoms with van der Waals surface area (Å²) in [4.78, 5) is 44.0. The Morgan fingerprint density at radius 3 is 2.46 bits per heavy atom. The van der Waals surface area contributed by atoms with Crippen LogP contribution in [-0.2, 0) is 6.54 Å². The maximum atomic E-state index is 13.3. The highest BCUT2D eigenvalue weighted by Crippen LogP contribution is 2.27. The largest absolute Gasteiger partial charge is 0.366 e. The number of fused-ring (bicyclic) bond motifs is 1. The number of hydrogen-bond donors (Lipinski definition) is 1. The summed E-state index contributed by atoms with van der Waals surface area (Å²) < 4.78 is 2.99. The Balaban J connectivity index is 1.25. The van der Waals surface area contributed by atoms with Crippen LogP contribution in [0.2, 0.25) is 0 Å². The molecule has 0 spiro atoms. The predicted octanol–water partition coefficient (Wildman–Crippen LogP) is 3.86. The Kier molecular flexibility index (Phi) is 6.55. The molecule has 2 N–H and O–H groups in total. The van der Waals surface area contributed by atoms with E-state index < -0.39 is 5.91 Å². The van der Waals surface area contributed by atoms with Gasteiger partial charge in [0, 0.05) is 41.5 Å². The Hall–Kier alpha value is -3.27. The second-order valence-electron chi connectivity index (χ2n) is 8.70. The quantitative estimate of drug-likeness (QED) is 0.386. The highest BCUT2D eigenvalue weighted by atomic mass is 32.1. The molecule has 4 aromatic rings. The van der Waals surface area contributed by atoms with E-state index in [4.69, 9.17) is 5.73 Å². The van der Waals surface area contributed by atoms with Gasteiger partial charge in [-0.3, -0.25) is 19.3 Å². The smallest absolute Gasteiger partial charge is 0.264 e. The van der Waals surface area contributed by atoms with Crippen LogP contribution >= 0.6 is 22.7 Å². The highest BCUT2D eigenvalue weighted by Gasteiger charge is 2.27. The lowest BCUT2D eigenvalue weighted by Crippen LogP contribution is -2.49. The Morgan fingerprint density at radius 1 is 1.00 bits per heavy atom. The van der Waals surface area contributed by atoms with Crippen molar-refractivity contribution in [3.63, 3.8) is 0 Å². The first-order valence-corrected chi connectivity index (χ1v) is 13.2. The van der Waals surface area contributed by atoms with Crippen LogP contribution in [0, 0.1) is 6.92 Å². The Labute approximate surface area is 211 Å². The number of thiophene rings is 2. The Morgan fingerprint density at radius 2 is 1.77 bits per heavy atom. The molecule has 0 aliphatic carbocycles. The summed E-state index contributed by atoms with van der Waals surface area (Å²) in [7, 11) is 0. The summed E-state index contributed by atoms with van der Waals surface area (Å²) >= 11 is 3.13. The number of amides is 2. The maximum absolute atomic E-state index is 13.3. The van der Waals surface area contributed by atoms with Gasteiger partial charge in [-0.2, -0.15) is 0 Å². The zero-order valence-corrected chi connectivity index (χ0v) is 21.0. The van der Waals surface area contributed by atoms with Gasteiger partial charge in [0.25, 0.3) is 11.8 Å². The first-order chi connectivity index (χ1) is 16.9. The van der Waals surface area contributed by atoms with E-state index in [-0.39, 0.29) is 18.2 Å². The van der Waals surface area contributed by atoms with E-state index in [9.17, 15) is 14.4 Å². The molecule has 3 aromatic heterocycles. The first kappa shape index (κ1) is 23.5. The monoisotopic (exact) mass is 506 g/mol. The lowest BCUT2D eigenvalue weighted by Gasteiger charge is -2.34. The molecular weight excluding hydrogens is 480 g/mol. The van der Waals surface area contributed by atoms with Gasteiger partial charge in [-0.1, -0.05) is 24.3 Å². The molecule has 0 saturated carbocycles. The molecule has 2 amide bonds. The predicted molar refractivity (Wildman–Crippen MR) is 140 cm³/mol. The van der Waals surface area contributed by atoms with Crippen LogP contribution in [0.4, 0.5) is 0 Å². The topological polar surface area (TPSA) is 88.6 Å². The molecule has 0 bridgehead atoms. The summed E-state index contributed by atoms with van der Waals surface area (Å²) in [6.07, 6.45) is 0. The van der Waals surface area contributed by atoms with E-state index in [1.165, 1.54) is 11.3 Å². The molecule has 9 heteroatoms. The second-order valence-corrected chi connectivity index (χ2v) is 10.8. The number of nitrogens with two attached hydrogens (primary N) is 1. The van der Waals surface area contributed by atoms with E-state index in [2.05, 4.69) is 4.90 Å². The summed E-state index contributed by atoms with van der Waals surface area (Å²) in [6, 6.07) is 15.6. The van der Waals surface area contributed by atoms with Gasteiger partial charge in [-0.05, 0) is 42.0 Å². The SMILES string of the molecule is Cc1c(C(N)=O)cc(C(=O)CN2CCN(C(=O)c3cc4ccccc4s3)CC2)n1Cc1cccs1. The molecule has 1 aliphatic heterocycles. The third-order valence-corrected chi connectivity index (χ3v) is 8.44. The third kappa shape index (κ3) is 4.80. The van der Waals surface area contributed by atoms with Crippen molar-refractivity contribution < 1.29 is 14.4 Å². The molecule has 0 unspecified atom stereocenters. The standard InChI is InChI=1S/C26H26N4O3S2/c1-17-20(25(27)32)14-21(30(17)15-19-6-4-12-34-19)22(31)16-28-8-10-29(11-9-28)26(33)24-13-18-5-2-3-7-23(18)35-24/h2-7,12-14H,8-11,15-16H2,1H3,(H2,27,32). The number of carbonyl (C=O) groups excluding carboxylic acids is 3. The number of primary amides is 1. The fraction of sp³-hybridized carbons (Fsp3) is 0.269. The summed E-state index contributed by atoms with van der Waals surface area (Å²) in [5.41, 5.74) is 7.14. The van der Waals surface area contributed by atoms with Gasteiger partial charge in [0.15, 0.2) is 5.78 Å². The van der Waals surface area contributed by atoms with E-state index >= 15 is 0 Å². The van der Waals surface area contributed by atoms with Crippen LogP contribution in [0.3, 0.4) is 0 Å². The van der Waals surface area contributed by atoms with Gasteiger partial charge in [0.2, 0.25) is 0 Å². The minimum absolute atomic E-state index is 0.0451. The molecule has 5 rings (SSSR count). The van der Waals surface area contributed by atoms with Gasteiger partial charge in [0.05, 0.1) is 29.2 Å².